The number of nitrogens with zero attached hydrogens (tertiary/aromatic N) is 2. The van der Waals surface area contributed by atoms with E-state index in [-0.39, 0.29) is 11.9 Å². The van der Waals surface area contributed by atoms with Crippen molar-refractivity contribution in [2.75, 3.05) is 58.2 Å². The fourth-order valence-electron chi connectivity index (χ4n) is 4.14. The van der Waals surface area contributed by atoms with Crippen LogP contribution in [0.15, 0.2) is 59.6 Å². The number of carbonyl (C=O) groups is 1. The van der Waals surface area contributed by atoms with E-state index in [0.717, 1.165) is 56.4 Å². The van der Waals surface area contributed by atoms with Gasteiger partial charge in [0.1, 0.15) is 12.4 Å². The first-order valence-electron chi connectivity index (χ1n) is 11.1. The first kappa shape index (κ1) is 22.7. The average molecular weight is 459 g/mol. The highest BCUT2D eigenvalue weighted by Crippen LogP contribution is 2.33. The molecule has 172 valence electrons. The zero-order valence-corrected chi connectivity index (χ0v) is 19.1. The Morgan fingerprint density at radius 3 is 2.69 bits per heavy atom. The molecule has 1 atom stereocenters. The maximum atomic E-state index is 12.5. The van der Waals surface area contributed by atoms with Gasteiger partial charge in [0, 0.05) is 74.8 Å². The summed E-state index contributed by atoms with van der Waals surface area (Å²) >= 11 is 5.91. The third-order valence-corrected chi connectivity index (χ3v) is 6.11. The molecular formula is C23H31ClN6O2. The second-order valence-electron chi connectivity index (χ2n) is 8.09. The number of benzene rings is 1. The van der Waals surface area contributed by atoms with E-state index >= 15 is 0 Å². The maximum Gasteiger partial charge on any atom is 0.323 e. The number of hydrogen-bond acceptors (Lipinski definition) is 6. The zero-order valence-electron chi connectivity index (χ0n) is 18.4. The number of piperazine rings is 1. The molecule has 1 aromatic rings. The summed E-state index contributed by atoms with van der Waals surface area (Å²) in [6.45, 7) is 6.53. The quantitative estimate of drug-likeness (QED) is 0.502. The van der Waals surface area contributed by atoms with Crippen molar-refractivity contribution in [3.05, 3.63) is 64.7 Å². The summed E-state index contributed by atoms with van der Waals surface area (Å²) in [5.74, 6) is 0.986. The normalized spacial score (nSPS) is 21.5. The van der Waals surface area contributed by atoms with E-state index in [1.165, 1.54) is 0 Å². The molecule has 0 bridgehead atoms. The van der Waals surface area contributed by atoms with Crippen LogP contribution in [-0.4, -0.2) is 68.9 Å². The lowest BCUT2D eigenvalue weighted by Crippen LogP contribution is -2.44. The van der Waals surface area contributed by atoms with Crippen LogP contribution in [0.3, 0.4) is 0 Å². The summed E-state index contributed by atoms with van der Waals surface area (Å²) in [6.07, 6.45) is 6.75. The Kier molecular flexibility index (Phi) is 7.70. The summed E-state index contributed by atoms with van der Waals surface area (Å²) in [6, 6.07) is 6.76. The number of urea groups is 1. The van der Waals surface area contributed by atoms with Gasteiger partial charge in [-0.3, -0.25) is 4.90 Å². The minimum atomic E-state index is -0.277. The summed E-state index contributed by atoms with van der Waals surface area (Å²) in [5, 5.41) is 11.9. The van der Waals surface area contributed by atoms with Gasteiger partial charge in [0.05, 0.1) is 5.92 Å². The van der Waals surface area contributed by atoms with Crippen LogP contribution >= 0.6 is 11.6 Å². The average Bonchev–Trinajstić information content (AvgIpc) is 3.22. The summed E-state index contributed by atoms with van der Waals surface area (Å²) in [4.78, 5) is 14.9. The number of allylic oxidation sites excluding steroid dienone is 3. The van der Waals surface area contributed by atoms with E-state index in [1.54, 1.807) is 24.3 Å². The van der Waals surface area contributed by atoms with Gasteiger partial charge in [-0.1, -0.05) is 11.6 Å². The van der Waals surface area contributed by atoms with E-state index in [2.05, 4.69) is 32.4 Å². The number of rotatable bonds is 7. The molecule has 2 amide bonds. The van der Waals surface area contributed by atoms with Gasteiger partial charge < -0.3 is 25.7 Å². The molecule has 9 heteroatoms. The standard InChI is InChI=1S/C23H31ClN6O2/c1-29-21(8-9-26-29)20-16-19(28-23(31)27-18-4-2-17(24)3-5-18)6-7-22(20)32-15-14-30-12-10-25-11-13-30/h2-8,20,25-26H,9-16H2,1H3,(H2,27,28,31). The minimum Gasteiger partial charge on any atom is -0.496 e. The lowest BCUT2D eigenvalue weighted by atomic mass is 9.92. The molecule has 0 saturated carbocycles. The largest absolute Gasteiger partial charge is 0.496 e. The highest BCUT2D eigenvalue weighted by molar-refractivity contribution is 6.30. The fourth-order valence-corrected chi connectivity index (χ4v) is 4.27. The van der Waals surface area contributed by atoms with Gasteiger partial charge in [0.25, 0.3) is 0 Å². The second-order valence-corrected chi connectivity index (χ2v) is 8.53. The lowest BCUT2D eigenvalue weighted by molar-refractivity contribution is 0.127. The molecule has 8 nitrogen and oxygen atoms in total. The number of ether oxygens (including phenoxy) is 1. The van der Waals surface area contributed by atoms with Crippen molar-refractivity contribution in [2.24, 2.45) is 5.92 Å². The monoisotopic (exact) mass is 458 g/mol. The molecule has 2 aliphatic heterocycles. The van der Waals surface area contributed by atoms with Gasteiger partial charge in [0.2, 0.25) is 0 Å². The predicted octanol–water partition coefficient (Wildman–Crippen LogP) is 2.50. The molecule has 0 aromatic heterocycles. The molecule has 32 heavy (non-hydrogen) atoms. The Morgan fingerprint density at radius 1 is 1.19 bits per heavy atom. The Balaban J connectivity index is 1.38. The first-order chi connectivity index (χ1) is 15.6. The van der Waals surface area contributed by atoms with E-state index < -0.39 is 0 Å². The second kappa shape index (κ2) is 10.9. The van der Waals surface area contributed by atoms with Gasteiger partial charge in [-0.25, -0.2) is 10.2 Å². The molecule has 1 unspecified atom stereocenters. The zero-order chi connectivity index (χ0) is 22.3. The maximum absolute atomic E-state index is 12.5. The van der Waals surface area contributed by atoms with Crippen LogP contribution in [-0.2, 0) is 4.74 Å². The van der Waals surface area contributed by atoms with Crippen molar-refractivity contribution < 1.29 is 9.53 Å². The number of hydrogen-bond donors (Lipinski definition) is 4. The van der Waals surface area contributed by atoms with Crippen LogP contribution in [0.5, 0.6) is 0 Å². The number of nitrogens with one attached hydrogen (secondary N) is 4. The fraction of sp³-hybridized carbons (Fsp3) is 0.435. The van der Waals surface area contributed by atoms with Crippen LogP contribution in [0.25, 0.3) is 0 Å². The SMILES string of the molecule is CN1NCC=C1C1CC(NC(=O)Nc2ccc(Cl)cc2)=CC=C1OCCN1CCNCC1. The molecule has 0 spiro atoms. The molecule has 1 saturated heterocycles. The summed E-state index contributed by atoms with van der Waals surface area (Å²) < 4.78 is 6.24. The topological polar surface area (TPSA) is 80.9 Å². The Bertz CT molecular complexity index is 892. The number of carbonyl (C=O) groups excluding carboxylic acids is 1. The van der Waals surface area contributed by atoms with Crippen LogP contribution in [0, 0.1) is 5.92 Å². The third-order valence-electron chi connectivity index (χ3n) is 5.86. The van der Waals surface area contributed by atoms with Gasteiger partial charge >= 0.3 is 6.03 Å². The Labute approximate surface area is 194 Å². The molecule has 3 aliphatic rings. The molecular weight excluding hydrogens is 428 g/mol. The van der Waals surface area contributed by atoms with Gasteiger partial charge in [-0.05, 0) is 42.5 Å². The molecule has 4 rings (SSSR count). The molecule has 1 fully saturated rings. The Hall–Kier alpha value is -2.52. The minimum absolute atomic E-state index is 0.0499. The number of halogens is 1. The van der Waals surface area contributed by atoms with Crippen LogP contribution in [0.4, 0.5) is 10.5 Å². The van der Waals surface area contributed by atoms with Gasteiger partial charge in [-0.2, -0.15) is 0 Å². The molecule has 1 aliphatic carbocycles. The third kappa shape index (κ3) is 6.04. The highest BCUT2D eigenvalue weighted by atomic mass is 35.5. The van der Waals surface area contributed by atoms with Crippen molar-refractivity contribution in [3.8, 4) is 0 Å². The van der Waals surface area contributed by atoms with Crippen molar-refractivity contribution >= 4 is 23.3 Å². The van der Waals surface area contributed by atoms with Gasteiger partial charge in [0.15, 0.2) is 0 Å². The summed E-state index contributed by atoms with van der Waals surface area (Å²) in [5.41, 5.74) is 5.99. The van der Waals surface area contributed by atoms with E-state index in [9.17, 15) is 4.79 Å². The van der Waals surface area contributed by atoms with Crippen molar-refractivity contribution in [2.45, 2.75) is 6.42 Å². The van der Waals surface area contributed by atoms with Crippen molar-refractivity contribution in [1.29, 1.82) is 0 Å². The molecule has 0 radical (unpaired) electrons. The highest BCUT2D eigenvalue weighted by Gasteiger charge is 2.29. The number of amides is 2. The van der Waals surface area contributed by atoms with E-state index in [4.69, 9.17) is 16.3 Å². The van der Waals surface area contributed by atoms with E-state index in [0.29, 0.717) is 23.7 Å². The van der Waals surface area contributed by atoms with Crippen LogP contribution < -0.4 is 21.4 Å². The molecule has 2 heterocycles. The number of anilines is 1. The first-order valence-corrected chi connectivity index (χ1v) is 11.4. The smallest absolute Gasteiger partial charge is 0.323 e. The molecule has 4 N–H and O–H groups in total. The number of hydrazine groups is 1. The van der Waals surface area contributed by atoms with E-state index in [1.807, 2.05) is 24.2 Å². The van der Waals surface area contributed by atoms with Crippen molar-refractivity contribution in [3.63, 3.8) is 0 Å². The molecule has 1 aromatic carbocycles. The van der Waals surface area contributed by atoms with Crippen LogP contribution in [0.2, 0.25) is 5.02 Å². The van der Waals surface area contributed by atoms with Crippen LogP contribution in [0.1, 0.15) is 6.42 Å². The van der Waals surface area contributed by atoms with Gasteiger partial charge in [-0.15, -0.1) is 0 Å². The summed E-state index contributed by atoms with van der Waals surface area (Å²) in [7, 11) is 2.01. The lowest BCUT2D eigenvalue weighted by Gasteiger charge is -2.31. The van der Waals surface area contributed by atoms with Crippen molar-refractivity contribution in [1.82, 2.24) is 26.0 Å². The Morgan fingerprint density at radius 2 is 1.97 bits per heavy atom. The predicted molar refractivity (Wildman–Crippen MR) is 127 cm³/mol.